The maximum Gasteiger partial charge on any atom is 0.244 e. The Bertz CT molecular complexity index is 1080. The Balaban J connectivity index is 1.49. The van der Waals surface area contributed by atoms with Crippen molar-refractivity contribution in [3.05, 3.63) is 54.0 Å². The second-order valence-electron chi connectivity index (χ2n) is 7.09. The zero-order valence-corrected chi connectivity index (χ0v) is 17.1. The number of pyridine rings is 1. The Kier molecular flexibility index (Phi) is 5.33. The fourth-order valence-corrected chi connectivity index (χ4v) is 4.12. The van der Waals surface area contributed by atoms with Gasteiger partial charge >= 0.3 is 0 Å². The number of sulfone groups is 1. The highest BCUT2D eigenvalue weighted by Gasteiger charge is 2.31. The summed E-state index contributed by atoms with van der Waals surface area (Å²) in [6.45, 7) is 1.61. The number of likely N-dealkylation sites (tertiary alicyclic amines) is 1. The van der Waals surface area contributed by atoms with Gasteiger partial charge in [-0.15, -0.1) is 0 Å². The summed E-state index contributed by atoms with van der Waals surface area (Å²) < 4.78 is 33.9. The van der Waals surface area contributed by atoms with Crippen LogP contribution in [0.4, 0.5) is 0 Å². The van der Waals surface area contributed by atoms with Gasteiger partial charge in [0, 0.05) is 30.6 Å². The van der Waals surface area contributed by atoms with Crippen molar-refractivity contribution in [1.82, 2.24) is 20.0 Å². The van der Waals surface area contributed by atoms with Gasteiger partial charge in [-0.1, -0.05) is 17.3 Å². The highest BCUT2D eigenvalue weighted by molar-refractivity contribution is 7.90. The van der Waals surface area contributed by atoms with Crippen LogP contribution in [-0.2, 0) is 16.4 Å². The van der Waals surface area contributed by atoms with E-state index in [4.69, 9.17) is 9.26 Å². The lowest BCUT2D eigenvalue weighted by Crippen LogP contribution is -2.23. The number of hydrogen-bond acceptors (Lipinski definition) is 8. The molecule has 4 rings (SSSR count). The first-order valence-corrected chi connectivity index (χ1v) is 11.2. The molecule has 1 aliphatic rings. The minimum atomic E-state index is -3.19. The van der Waals surface area contributed by atoms with E-state index in [0.717, 1.165) is 30.5 Å². The van der Waals surface area contributed by atoms with Crippen molar-refractivity contribution < 1.29 is 17.7 Å². The van der Waals surface area contributed by atoms with Crippen LogP contribution < -0.4 is 4.74 Å². The van der Waals surface area contributed by atoms with Crippen molar-refractivity contribution in [3.63, 3.8) is 0 Å². The number of aromatic nitrogens is 3. The van der Waals surface area contributed by atoms with Crippen LogP contribution in [0, 0.1) is 0 Å². The van der Waals surface area contributed by atoms with Crippen molar-refractivity contribution in [1.29, 1.82) is 0 Å². The van der Waals surface area contributed by atoms with Gasteiger partial charge in [0.2, 0.25) is 17.6 Å². The Labute approximate surface area is 169 Å². The Hall–Kier alpha value is -2.78. The summed E-state index contributed by atoms with van der Waals surface area (Å²) in [5.74, 6) is 1.61. The van der Waals surface area contributed by atoms with Crippen LogP contribution in [-0.4, -0.2) is 48.4 Å². The summed E-state index contributed by atoms with van der Waals surface area (Å²) in [7, 11) is -1.62. The Morgan fingerprint density at radius 3 is 2.66 bits per heavy atom. The molecule has 2 aromatic heterocycles. The van der Waals surface area contributed by atoms with Gasteiger partial charge < -0.3 is 9.26 Å². The van der Waals surface area contributed by atoms with Crippen molar-refractivity contribution in [2.75, 3.05) is 19.9 Å². The molecule has 152 valence electrons. The lowest BCUT2D eigenvalue weighted by molar-refractivity contribution is 0.201. The van der Waals surface area contributed by atoms with Gasteiger partial charge in [-0.05, 0) is 43.1 Å². The van der Waals surface area contributed by atoms with E-state index >= 15 is 0 Å². The third kappa shape index (κ3) is 4.30. The summed E-state index contributed by atoms with van der Waals surface area (Å²) >= 11 is 0. The van der Waals surface area contributed by atoms with Crippen LogP contribution in [0.5, 0.6) is 5.88 Å². The zero-order valence-electron chi connectivity index (χ0n) is 16.3. The standard InChI is InChI=1S/C20H22N4O4S/c1-27-18-10-7-15(12-21-18)19-22-20(28-23-19)17-4-3-11-24(17)13-14-5-8-16(9-6-14)29(2,25)26/h5-10,12,17H,3-4,11,13H2,1-2H3/t17-/m0/s1. The molecule has 1 fully saturated rings. The number of nitrogens with zero attached hydrogens (tertiary/aromatic N) is 4. The monoisotopic (exact) mass is 414 g/mol. The average molecular weight is 414 g/mol. The zero-order chi connectivity index (χ0) is 20.4. The van der Waals surface area contributed by atoms with Gasteiger partial charge in [0.25, 0.3) is 0 Å². The summed E-state index contributed by atoms with van der Waals surface area (Å²) in [6.07, 6.45) is 4.84. The fraction of sp³-hybridized carbons (Fsp3) is 0.350. The van der Waals surface area contributed by atoms with Gasteiger partial charge in [-0.3, -0.25) is 4.90 Å². The molecule has 0 unspecified atom stereocenters. The number of hydrogen-bond donors (Lipinski definition) is 0. The minimum absolute atomic E-state index is 0.0389. The second-order valence-corrected chi connectivity index (χ2v) is 9.11. The SMILES string of the molecule is COc1ccc(-c2noc([C@@H]3CCCN3Cc3ccc(S(C)(=O)=O)cc3)n2)cn1. The molecule has 0 saturated carbocycles. The summed E-state index contributed by atoms with van der Waals surface area (Å²) in [6, 6.07) is 10.7. The van der Waals surface area contributed by atoms with E-state index in [-0.39, 0.29) is 6.04 Å². The molecule has 0 spiro atoms. The molecule has 1 aromatic carbocycles. The van der Waals surface area contributed by atoms with Crippen molar-refractivity contribution in [2.45, 2.75) is 30.3 Å². The molecule has 3 heterocycles. The van der Waals surface area contributed by atoms with Crippen LogP contribution in [0.2, 0.25) is 0 Å². The molecule has 8 nitrogen and oxygen atoms in total. The smallest absolute Gasteiger partial charge is 0.244 e. The van der Waals surface area contributed by atoms with Crippen molar-refractivity contribution in [3.8, 4) is 17.3 Å². The van der Waals surface area contributed by atoms with Gasteiger partial charge in [-0.25, -0.2) is 13.4 Å². The molecular formula is C20H22N4O4S. The minimum Gasteiger partial charge on any atom is -0.481 e. The first-order valence-electron chi connectivity index (χ1n) is 9.31. The van der Waals surface area contributed by atoms with E-state index < -0.39 is 9.84 Å². The van der Waals surface area contributed by atoms with Gasteiger partial charge in [0.05, 0.1) is 18.0 Å². The van der Waals surface area contributed by atoms with E-state index in [1.54, 1.807) is 31.5 Å². The summed E-state index contributed by atoms with van der Waals surface area (Å²) in [4.78, 5) is 11.4. The average Bonchev–Trinajstić information content (AvgIpc) is 3.37. The molecule has 1 atom stereocenters. The highest BCUT2D eigenvalue weighted by Crippen LogP contribution is 2.33. The molecule has 3 aromatic rings. The lowest BCUT2D eigenvalue weighted by atomic mass is 10.2. The molecule has 0 aliphatic carbocycles. The molecule has 9 heteroatoms. The maximum absolute atomic E-state index is 11.6. The number of rotatable bonds is 6. The van der Waals surface area contributed by atoms with Gasteiger partial charge in [0.15, 0.2) is 9.84 Å². The van der Waals surface area contributed by atoms with E-state index in [1.165, 1.54) is 6.26 Å². The van der Waals surface area contributed by atoms with E-state index in [1.807, 2.05) is 18.2 Å². The predicted molar refractivity (Wildman–Crippen MR) is 106 cm³/mol. The third-order valence-corrected chi connectivity index (χ3v) is 6.16. The largest absolute Gasteiger partial charge is 0.481 e. The Morgan fingerprint density at radius 2 is 2.00 bits per heavy atom. The second kappa shape index (κ2) is 7.92. The maximum atomic E-state index is 11.6. The van der Waals surface area contributed by atoms with Crippen LogP contribution >= 0.6 is 0 Å². The summed E-state index contributed by atoms with van der Waals surface area (Å²) in [5, 5.41) is 4.11. The number of ether oxygens (including phenoxy) is 1. The first-order chi connectivity index (χ1) is 13.9. The predicted octanol–water partition coefficient (Wildman–Crippen LogP) is 2.88. The molecular weight excluding hydrogens is 392 g/mol. The first kappa shape index (κ1) is 19.5. The van der Waals surface area contributed by atoms with E-state index in [2.05, 4.69) is 20.0 Å². The van der Waals surface area contributed by atoms with Crippen molar-refractivity contribution in [2.24, 2.45) is 0 Å². The van der Waals surface area contributed by atoms with Crippen LogP contribution in [0.15, 0.2) is 52.0 Å². The molecule has 1 saturated heterocycles. The molecule has 1 aliphatic heterocycles. The molecule has 0 N–H and O–H groups in total. The molecule has 29 heavy (non-hydrogen) atoms. The number of methoxy groups -OCH3 is 1. The fourth-order valence-electron chi connectivity index (χ4n) is 3.49. The Morgan fingerprint density at radius 1 is 1.21 bits per heavy atom. The van der Waals surface area contributed by atoms with Gasteiger partial charge in [0.1, 0.15) is 0 Å². The molecule has 0 bridgehead atoms. The quantitative estimate of drug-likeness (QED) is 0.607. The normalized spacial score (nSPS) is 17.5. The van der Waals surface area contributed by atoms with Gasteiger partial charge in [-0.2, -0.15) is 4.98 Å². The van der Waals surface area contributed by atoms with Crippen molar-refractivity contribution >= 4 is 9.84 Å². The van der Waals surface area contributed by atoms with Crippen LogP contribution in [0.1, 0.15) is 30.3 Å². The molecule has 0 radical (unpaired) electrons. The lowest BCUT2D eigenvalue weighted by Gasteiger charge is -2.21. The third-order valence-electron chi connectivity index (χ3n) is 5.03. The topological polar surface area (TPSA) is 98.4 Å². The molecule has 0 amide bonds. The van der Waals surface area contributed by atoms with E-state index in [9.17, 15) is 8.42 Å². The van der Waals surface area contributed by atoms with Crippen LogP contribution in [0.25, 0.3) is 11.4 Å². The van der Waals surface area contributed by atoms with E-state index in [0.29, 0.717) is 29.0 Å². The number of benzene rings is 1. The highest BCUT2D eigenvalue weighted by atomic mass is 32.2. The van der Waals surface area contributed by atoms with Crippen LogP contribution in [0.3, 0.4) is 0 Å². The summed E-state index contributed by atoms with van der Waals surface area (Å²) in [5.41, 5.74) is 1.81.